The van der Waals surface area contributed by atoms with Gasteiger partial charge in [0, 0.05) is 66.8 Å². The monoisotopic (exact) mass is 1070 g/mol. The Morgan fingerprint density at radius 1 is 0.225 bits per heavy atom. The van der Waals surface area contributed by atoms with Crippen molar-refractivity contribution < 1.29 is 55.5 Å². The number of aliphatic hydroxyl groups is 4. The summed E-state index contributed by atoms with van der Waals surface area (Å²) in [6, 6.07) is 37.9. The van der Waals surface area contributed by atoms with Crippen molar-refractivity contribution in [3.63, 3.8) is 0 Å². The molecule has 0 aliphatic carbocycles. The van der Waals surface area contributed by atoms with Crippen molar-refractivity contribution >= 4 is 0 Å². The Labute approximate surface area is 455 Å². The molecule has 9 aromatic rings. The fourth-order valence-electron chi connectivity index (χ4n) is 9.01. The standard InChI is InChI=1S/C68H42F8O4/c1-43-61(35-39-65(77,45-3-19-53(69)20-4-45)46-5-21-54(70)22-6-46)63(37-41-67(79,49-11-27-57(73)28-12-49)50-13-29-58(74)30-14-50)44(2)64(38-42-68(80,51-15-31-59(75)32-16-51)52-17-33-60(76)34-18-52)62(43)36-40-66(78,47-7-23-55(71)24-8-47)48-9-25-56(72)26-10-48/h3-34,77-80H,1-2H3. The first-order valence-electron chi connectivity index (χ1n) is 24.5. The molecule has 0 heterocycles. The van der Waals surface area contributed by atoms with E-state index in [0.29, 0.717) is 0 Å². The van der Waals surface area contributed by atoms with Crippen LogP contribution in [0.2, 0.25) is 0 Å². The Morgan fingerprint density at radius 2 is 0.338 bits per heavy atom. The third-order valence-corrected chi connectivity index (χ3v) is 13.6. The maximum absolute atomic E-state index is 14.5. The number of hydrogen-bond acceptors (Lipinski definition) is 4. The van der Waals surface area contributed by atoms with Crippen LogP contribution in [0.1, 0.15) is 77.9 Å². The molecule has 0 bridgehead atoms. The van der Waals surface area contributed by atoms with Gasteiger partial charge in [0.1, 0.15) is 46.5 Å². The molecular formula is C68H42F8O4. The van der Waals surface area contributed by atoms with E-state index in [4.69, 9.17) is 0 Å². The lowest BCUT2D eigenvalue weighted by Crippen LogP contribution is -2.26. The molecule has 0 atom stereocenters. The van der Waals surface area contributed by atoms with Crippen LogP contribution in [0, 0.1) is 108 Å². The lowest BCUT2D eigenvalue weighted by atomic mass is 9.82. The van der Waals surface area contributed by atoms with E-state index in [0.717, 1.165) is 97.1 Å². The fraction of sp³-hybridized carbons (Fsp3) is 0.0882. The summed E-state index contributed by atoms with van der Waals surface area (Å²) in [6.07, 6.45) is 0. The third-order valence-electron chi connectivity index (χ3n) is 13.6. The van der Waals surface area contributed by atoms with Gasteiger partial charge in [-0.1, -0.05) is 144 Å². The van der Waals surface area contributed by atoms with Crippen LogP contribution in [0.4, 0.5) is 35.1 Å². The topological polar surface area (TPSA) is 80.9 Å². The van der Waals surface area contributed by atoms with Gasteiger partial charge in [-0.15, -0.1) is 0 Å². The zero-order valence-corrected chi connectivity index (χ0v) is 42.3. The minimum Gasteiger partial charge on any atom is -0.369 e. The number of halogens is 8. The van der Waals surface area contributed by atoms with Gasteiger partial charge in [0.2, 0.25) is 0 Å². The molecule has 9 aromatic carbocycles. The van der Waals surface area contributed by atoms with Gasteiger partial charge in [-0.2, -0.15) is 0 Å². The molecule has 4 N–H and O–H groups in total. The van der Waals surface area contributed by atoms with E-state index in [1.54, 1.807) is 0 Å². The van der Waals surface area contributed by atoms with E-state index in [1.165, 1.54) is 111 Å². The Bertz CT molecular complexity index is 3310. The molecule has 0 unspecified atom stereocenters. The van der Waals surface area contributed by atoms with Crippen LogP contribution in [0.15, 0.2) is 194 Å². The van der Waals surface area contributed by atoms with Gasteiger partial charge < -0.3 is 20.4 Å². The second-order valence-electron chi connectivity index (χ2n) is 18.6. The Hall–Kier alpha value is -9.50. The van der Waals surface area contributed by atoms with Crippen molar-refractivity contribution in [2.45, 2.75) is 36.3 Å². The Balaban J connectivity index is 1.42. The van der Waals surface area contributed by atoms with E-state index in [-0.39, 0.29) is 77.9 Å². The molecule has 0 saturated heterocycles. The van der Waals surface area contributed by atoms with Crippen LogP contribution >= 0.6 is 0 Å². The molecule has 0 saturated carbocycles. The van der Waals surface area contributed by atoms with Crippen molar-refractivity contribution in [1.29, 1.82) is 0 Å². The van der Waals surface area contributed by atoms with Crippen LogP contribution < -0.4 is 0 Å². The van der Waals surface area contributed by atoms with E-state index in [1.807, 2.05) is 0 Å². The van der Waals surface area contributed by atoms with Gasteiger partial charge in [0.05, 0.1) is 0 Å². The number of hydrogen-bond donors (Lipinski definition) is 4. The summed E-state index contributed by atoms with van der Waals surface area (Å²) in [5.74, 6) is 18.6. The maximum atomic E-state index is 14.5. The van der Waals surface area contributed by atoms with Crippen LogP contribution in [-0.4, -0.2) is 20.4 Å². The molecule has 394 valence electrons. The number of rotatable bonds is 8. The summed E-state index contributed by atoms with van der Waals surface area (Å²) in [5.41, 5.74) is -8.76. The lowest BCUT2D eigenvalue weighted by Gasteiger charge is -2.25. The molecule has 0 fully saturated rings. The van der Waals surface area contributed by atoms with Crippen molar-refractivity contribution in [3.8, 4) is 47.4 Å². The molecule has 0 radical (unpaired) electrons. The second kappa shape index (κ2) is 22.5. The van der Waals surface area contributed by atoms with Gasteiger partial charge in [0.15, 0.2) is 22.4 Å². The fourth-order valence-corrected chi connectivity index (χ4v) is 9.01. The van der Waals surface area contributed by atoms with E-state index < -0.39 is 68.9 Å². The highest BCUT2D eigenvalue weighted by Crippen LogP contribution is 2.37. The van der Waals surface area contributed by atoms with Crippen molar-refractivity contribution in [1.82, 2.24) is 0 Å². The molecule has 0 amide bonds. The molecule has 0 aliphatic rings. The SMILES string of the molecule is Cc1c(C#CC(O)(c2ccc(F)cc2)c2ccc(F)cc2)c(C#CC(O)(c2ccc(F)cc2)c2ccc(F)cc2)c(C)c(C#CC(O)(c2ccc(F)cc2)c2ccc(F)cc2)c1C#CC(O)(c1ccc(F)cc1)c1ccc(F)cc1. The van der Waals surface area contributed by atoms with Gasteiger partial charge in [-0.05, 0) is 122 Å². The quantitative estimate of drug-likeness (QED) is 0.0903. The molecule has 0 aliphatic heterocycles. The summed E-state index contributed by atoms with van der Waals surface area (Å²) < 4.78 is 116. The first-order valence-corrected chi connectivity index (χ1v) is 24.5. The number of benzene rings is 9. The zero-order chi connectivity index (χ0) is 57.0. The molecule has 0 aromatic heterocycles. The first-order chi connectivity index (χ1) is 38.2. The average Bonchev–Trinajstić information content (AvgIpc) is 3.50. The van der Waals surface area contributed by atoms with Gasteiger partial charge >= 0.3 is 0 Å². The minimum atomic E-state index is -2.33. The normalized spacial score (nSPS) is 11.5. The van der Waals surface area contributed by atoms with Crippen LogP contribution in [0.5, 0.6) is 0 Å². The van der Waals surface area contributed by atoms with Crippen LogP contribution in [-0.2, 0) is 22.4 Å². The predicted molar refractivity (Wildman–Crippen MR) is 287 cm³/mol. The zero-order valence-electron chi connectivity index (χ0n) is 42.3. The highest BCUT2D eigenvalue weighted by molar-refractivity contribution is 5.72. The molecule has 0 spiro atoms. The highest BCUT2D eigenvalue weighted by atomic mass is 19.2. The smallest absolute Gasteiger partial charge is 0.177 e. The average molecular weight is 1080 g/mol. The van der Waals surface area contributed by atoms with Gasteiger partial charge in [-0.25, -0.2) is 35.1 Å². The summed E-state index contributed by atoms with van der Waals surface area (Å²) in [5, 5.41) is 50.9. The van der Waals surface area contributed by atoms with Crippen molar-refractivity contribution in [2.75, 3.05) is 0 Å². The second-order valence-corrected chi connectivity index (χ2v) is 18.6. The predicted octanol–water partition coefficient (Wildman–Crippen LogP) is 12.6. The van der Waals surface area contributed by atoms with Gasteiger partial charge in [0.25, 0.3) is 0 Å². The van der Waals surface area contributed by atoms with Crippen molar-refractivity contribution in [3.05, 3.63) is 319 Å². The van der Waals surface area contributed by atoms with E-state index in [9.17, 15) is 55.5 Å². The third kappa shape index (κ3) is 11.3. The molecule has 12 heteroatoms. The maximum Gasteiger partial charge on any atom is 0.177 e. The van der Waals surface area contributed by atoms with E-state index in [2.05, 4.69) is 47.4 Å². The Kier molecular flexibility index (Phi) is 15.5. The largest absolute Gasteiger partial charge is 0.369 e. The summed E-state index contributed by atoms with van der Waals surface area (Å²) in [7, 11) is 0. The van der Waals surface area contributed by atoms with Gasteiger partial charge in [-0.3, -0.25) is 0 Å². The minimum absolute atomic E-state index is 0.0208. The lowest BCUT2D eigenvalue weighted by molar-refractivity contribution is 0.144. The van der Waals surface area contributed by atoms with Crippen LogP contribution in [0.3, 0.4) is 0 Å². The van der Waals surface area contributed by atoms with Crippen LogP contribution in [0.25, 0.3) is 0 Å². The van der Waals surface area contributed by atoms with E-state index >= 15 is 0 Å². The highest BCUT2D eigenvalue weighted by Gasteiger charge is 2.35. The molecular weight excluding hydrogens is 1030 g/mol. The summed E-state index contributed by atoms with van der Waals surface area (Å²) >= 11 is 0. The molecule has 4 nitrogen and oxygen atoms in total. The first kappa shape index (κ1) is 55.3. The molecule has 9 rings (SSSR count). The Morgan fingerprint density at radius 3 is 0.450 bits per heavy atom. The summed E-state index contributed by atoms with van der Waals surface area (Å²) in [6.45, 7) is 3.07. The summed E-state index contributed by atoms with van der Waals surface area (Å²) in [4.78, 5) is 0. The molecule has 80 heavy (non-hydrogen) atoms. The van der Waals surface area contributed by atoms with Crippen molar-refractivity contribution in [2.24, 2.45) is 0 Å².